The predicted octanol–water partition coefficient (Wildman–Crippen LogP) is 3.82. The highest BCUT2D eigenvalue weighted by molar-refractivity contribution is 9.10. The number of anilines is 1. The van der Waals surface area contributed by atoms with Gasteiger partial charge in [-0.2, -0.15) is 5.10 Å². The highest BCUT2D eigenvalue weighted by Gasteiger charge is 2.21. The summed E-state index contributed by atoms with van der Waals surface area (Å²) in [6, 6.07) is 0.0752. The zero-order chi connectivity index (χ0) is 14.7. The number of halogens is 1. The fraction of sp³-hybridized carbons (Fsp3) is 0.733. The molecule has 0 bridgehead atoms. The molecule has 0 saturated heterocycles. The van der Waals surface area contributed by atoms with Crippen LogP contribution in [0.25, 0.3) is 0 Å². The van der Waals surface area contributed by atoms with Crippen molar-refractivity contribution in [2.24, 2.45) is 11.8 Å². The van der Waals surface area contributed by atoms with E-state index in [1.165, 1.54) is 30.4 Å². The molecular weight excluding hydrogens is 318 g/mol. The molecule has 1 aromatic heterocycles. The third-order valence-corrected chi connectivity index (χ3v) is 5.04. The molecule has 112 valence electrons. The maximum Gasteiger partial charge on any atom is 0.283 e. The van der Waals surface area contributed by atoms with Crippen molar-refractivity contribution in [1.82, 2.24) is 9.78 Å². The van der Waals surface area contributed by atoms with Gasteiger partial charge in [-0.05, 0) is 48.0 Å². The Morgan fingerprint density at radius 3 is 2.80 bits per heavy atom. The molecule has 1 aliphatic carbocycles. The van der Waals surface area contributed by atoms with Crippen LogP contribution in [0.1, 0.15) is 52.5 Å². The summed E-state index contributed by atoms with van der Waals surface area (Å²) >= 11 is 3.40. The Kier molecular flexibility index (Phi) is 5.24. The van der Waals surface area contributed by atoms with Gasteiger partial charge in [0.25, 0.3) is 5.56 Å². The van der Waals surface area contributed by atoms with Crippen molar-refractivity contribution in [2.75, 3.05) is 11.9 Å². The van der Waals surface area contributed by atoms with Gasteiger partial charge in [0.05, 0.1) is 17.9 Å². The highest BCUT2D eigenvalue weighted by Crippen LogP contribution is 2.30. The number of rotatable bonds is 4. The molecule has 1 fully saturated rings. The number of aromatic nitrogens is 2. The summed E-state index contributed by atoms with van der Waals surface area (Å²) in [7, 11) is 0. The van der Waals surface area contributed by atoms with Crippen LogP contribution < -0.4 is 10.9 Å². The second-order valence-electron chi connectivity index (χ2n) is 6.12. The van der Waals surface area contributed by atoms with Gasteiger partial charge in [0.2, 0.25) is 0 Å². The summed E-state index contributed by atoms with van der Waals surface area (Å²) in [5, 5.41) is 7.63. The largest absolute Gasteiger partial charge is 0.382 e. The lowest BCUT2D eigenvalue weighted by atomic mass is 9.80. The number of nitrogens with one attached hydrogen (secondary N) is 1. The first-order valence-electron chi connectivity index (χ1n) is 7.52. The maximum atomic E-state index is 12.2. The molecular formula is C15H24BrN3O. The second-order valence-corrected chi connectivity index (χ2v) is 6.91. The lowest BCUT2D eigenvalue weighted by molar-refractivity contribution is 0.268. The maximum absolute atomic E-state index is 12.2. The summed E-state index contributed by atoms with van der Waals surface area (Å²) < 4.78 is 2.09. The van der Waals surface area contributed by atoms with Crippen LogP contribution in [0.4, 0.5) is 5.69 Å². The molecule has 2 unspecified atom stereocenters. The molecule has 1 aliphatic rings. The molecule has 1 heterocycles. The molecule has 0 aliphatic heterocycles. The second kappa shape index (κ2) is 6.74. The first-order chi connectivity index (χ1) is 9.50. The molecule has 0 aromatic carbocycles. The van der Waals surface area contributed by atoms with Crippen LogP contribution in [0, 0.1) is 11.8 Å². The Hall–Kier alpha value is -0.840. The van der Waals surface area contributed by atoms with Crippen molar-refractivity contribution in [3.63, 3.8) is 0 Å². The van der Waals surface area contributed by atoms with Gasteiger partial charge >= 0.3 is 0 Å². The third-order valence-electron chi connectivity index (χ3n) is 4.28. The smallest absolute Gasteiger partial charge is 0.283 e. The summed E-state index contributed by atoms with van der Waals surface area (Å²) in [5.41, 5.74) is 0.742. The molecule has 0 amide bonds. The molecule has 2 rings (SSSR count). The van der Waals surface area contributed by atoms with Gasteiger partial charge in [0.15, 0.2) is 0 Å². The quantitative estimate of drug-likeness (QED) is 0.905. The van der Waals surface area contributed by atoms with Gasteiger partial charge in [0, 0.05) is 6.54 Å². The topological polar surface area (TPSA) is 46.9 Å². The average Bonchev–Trinajstić information content (AvgIpc) is 2.41. The van der Waals surface area contributed by atoms with Crippen LogP contribution in [0.15, 0.2) is 15.5 Å². The molecule has 20 heavy (non-hydrogen) atoms. The van der Waals surface area contributed by atoms with E-state index in [4.69, 9.17) is 0 Å². The summed E-state index contributed by atoms with van der Waals surface area (Å²) in [4.78, 5) is 12.2. The van der Waals surface area contributed by atoms with E-state index in [0.717, 1.165) is 18.2 Å². The van der Waals surface area contributed by atoms with E-state index in [1.54, 1.807) is 6.20 Å². The molecule has 0 spiro atoms. The fourth-order valence-corrected chi connectivity index (χ4v) is 3.30. The Morgan fingerprint density at radius 1 is 1.45 bits per heavy atom. The van der Waals surface area contributed by atoms with Crippen LogP contribution in [0.2, 0.25) is 0 Å². The van der Waals surface area contributed by atoms with E-state index in [0.29, 0.717) is 10.4 Å². The molecule has 1 aromatic rings. The van der Waals surface area contributed by atoms with Crippen LogP contribution in [-0.2, 0) is 0 Å². The predicted molar refractivity (Wildman–Crippen MR) is 86.2 cm³/mol. The molecule has 5 heteroatoms. The Labute approximate surface area is 129 Å². The van der Waals surface area contributed by atoms with Gasteiger partial charge in [0.1, 0.15) is 4.47 Å². The van der Waals surface area contributed by atoms with Crippen molar-refractivity contribution in [3.05, 3.63) is 21.0 Å². The SMILES string of the molecule is CC1CCCCC1CNc1cnn(C(C)C)c(=O)c1Br. The van der Waals surface area contributed by atoms with E-state index in [-0.39, 0.29) is 11.6 Å². The van der Waals surface area contributed by atoms with E-state index < -0.39 is 0 Å². The summed E-state index contributed by atoms with van der Waals surface area (Å²) in [5.74, 6) is 1.46. The normalized spacial score (nSPS) is 23.1. The monoisotopic (exact) mass is 341 g/mol. The lowest BCUT2D eigenvalue weighted by Gasteiger charge is -2.29. The molecule has 1 saturated carbocycles. The van der Waals surface area contributed by atoms with E-state index >= 15 is 0 Å². The third kappa shape index (κ3) is 3.43. The minimum Gasteiger partial charge on any atom is -0.382 e. The van der Waals surface area contributed by atoms with Crippen molar-refractivity contribution >= 4 is 21.6 Å². The minimum atomic E-state index is -0.0679. The average molecular weight is 342 g/mol. The molecule has 2 atom stereocenters. The van der Waals surface area contributed by atoms with Crippen LogP contribution >= 0.6 is 15.9 Å². The van der Waals surface area contributed by atoms with Gasteiger partial charge in [-0.15, -0.1) is 0 Å². The van der Waals surface area contributed by atoms with Gasteiger partial charge < -0.3 is 5.32 Å². The number of hydrogen-bond donors (Lipinski definition) is 1. The van der Waals surface area contributed by atoms with Crippen LogP contribution in [0.3, 0.4) is 0 Å². The van der Waals surface area contributed by atoms with E-state index in [9.17, 15) is 4.79 Å². The molecule has 0 radical (unpaired) electrons. The highest BCUT2D eigenvalue weighted by atomic mass is 79.9. The van der Waals surface area contributed by atoms with Crippen LogP contribution in [-0.4, -0.2) is 16.3 Å². The van der Waals surface area contributed by atoms with Crippen LogP contribution in [0.5, 0.6) is 0 Å². The lowest BCUT2D eigenvalue weighted by Crippen LogP contribution is -2.28. The standard InChI is InChI=1S/C15H24BrN3O/c1-10(2)19-15(20)14(16)13(9-18-19)17-8-12-7-5-4-6-11(12)3/h9-12,17H,4-8H2,1-3H3. The van der Waals surface area contributed by atoms with E-state index in [1.807, 2.05) is 13.8 Å². The Balaban J connectivity index is 2.06. The fourth-order valence-electron chi connectivity index (χ4n) is 2.87. The first kappa shape index (κ1) is 15.5. The van der Waals surface area contributed by atoms with Crippen molar-refractivity contribution < 1.29 is 0 Å². The Bertz CT molecular complexity index is 512. The Morgan fingerprint density at radius 2 is 2.15 bits per heavy atom. The number of hydrogen-bond acceptors (Lipinski definition) is 3. The van der Waals surface area contributed by atoms with Gasteiger partial charge in [-0.25, -0.2) is 4.68 Å². The minimum absolute atomic E-state index is 0.0679. The van der Waals surface area contributed by atoms with Crippen molar-refractivity contribution in [3.8, 4) is 0 Å². The zero-order valence-electron chi connectivity index (χ0n) is 12.5. The zero-order valence-corrected chi connectivity index (χ0v) is 14.1. The molecule has 1 N–H and O–H groups in total. The number of nitrogens with zero attached hydrogens (tertiary/aromatic N) is 2. The van der Waals surface area contributed by atoms with Crippen molar-refractivity contribution in [2.45, 2.75) is 52.5 Å². The van der Waals surface area contributed by atoms with E-state index in [2.05, 4.69) is 33.3 Å². The first-order valence-corrected chi connectivity index (χ1v) is 8.31. The van der Waals surface area contributed by atoms with Gasteiger partial charge in [-0.1, -0.05) is 26.2 Å². The summed E-state index contributed by atoms with van der Waals surface area (Å²) in [6.07, 6.45) is 7.03. The summed E-state index contributed by atoms with van der Waals surface area (Å²) in [6.45, 7) is 7.16. The molecule has 4 nitrogen and oxygen atoms in total. The van der Waals surface area contributed by atoms with Crippen molar-refractivity contribution in [1.29, 1.82) is 0 Å². The van der Waals surface area contributed by atoms with Gasteiger partial charge in [-0.3, -0.25) is 4.79 Å².